The van der Waals surface area contributed by atoms with E-state index in [4.69, 9.17) is 9.47 Å². The summed E-state index contributed by atoms with van der Waals surface area (Å²) < 4.78 is 25.1. The van der Waals surface area contributed by atoms with Gasteiger partial charge in [-0.2, -0.15) is 0 Å². The van der Waals surface area contributed by atoms with Crippen molar-refractivity contribution in [2.75, 3.05) is 6.61 Å². The number of benzene rings is 2. The molecule has 3 rings (SSSR count). The zero-order valence-electron chi connectivity index (χ0n) is 13.2. The predicted octanol–water partition coefficient (Wildman–Crippen LogP) is 3.79. The van der Waals surface area contributed by atoms with Crippen LogP contribution in [0.3, 0.4) is 0 Å². The third-order valence-electron chi connectivity index (χ3n) is 4.20. The largest absolute Gasteiger partial charge is 0.489 e. The smallest absolute Gasteiger partial charge is 0.127 e. The Morgan fingerprint density at radius 3 is 2.78 bits per heavy atom. The van der Waals surface area contributed by atoms with Crippen molar-refractivity contribution in [3.8, 4) is 5.75 Å². The average molecular weight is 316 g/mol. The summed E-state index contributed by atoms with van der Waals surface area (Å²) in [5, 5.41) is 10.8. The maximum Gasteiger partial charge on any atom is 0.127 e. The van der Waals surface area contributed by atoms with Crippen LogP contribution in [0.15, 0.2) is 48.5 Å². The van der Waals surface area contributed by atoms with Crippen molar-refractivity contribution in [2.24, 2.45) is 0 Å². The first-order chi connectivity index (χ1) is 11.0. The van der Waals surface area contributed by atoms with E-state index in [1.165, 1.54) is 12.1 Å². The van der Waals surface area contributed by atoms with Crippen LogP contribution in [0.4, 0.5) is 4.39 Å². The number of hydrogen-bond donors (Lipinski definition) is 1. The lowest BCUT2D eigenvalue weighted by atomic mass is 9.84. The number of rotatable bonds is 4. The van der Waals surface area contributed by atoms with Crippen molar-refractivity contribution in [1.29, 1.82) is 0 Å². The van der Waals surface area contributed by atoms with Crippen LogP contribution in [0.25, 0.3) is 0 Å². The summed E-state index contributed by atoms with van der Waals surface area (Å²) in [7, 11) is 0. The molecule has 0 aromatic heterocycles. The van der Waals surface area contributed by atoms with E-state index in [9.17, 15) is 9.50 Å². The van der Waals surface area contributed by atoms with Gasteiger partial charge in [0.05, 0.1) is 18.3 Å². The van der Waals surface area contributed by atoms with Gasteiger partial charge in [-0.3, -0.25) is 0 Å². The molecule has 1 saturated heterocycles. The molecule has 1 heterocycles. The van der Waals surface area contributed by atoms with Crippen LogP contribution in [0.2, 0.25) is 0 Å². The molecule has 0 aliphatic carbocycles. The number of aliphatic hydroxyl groups is 1. The normalized spacial score (nSPS) is 24.4. The SMILES string of the molecule is C[C@@H]1C[C@@](O)(c2cc(F)cc(OCc3ccccc3)c2)CCO1. The van der Waals surface area contributed by atoms with Crippen LogP contribution in [0, 0.1) is 5.82 Å². The maximum absolute atomic E-state index is 14.0. The van der Waals surface area contributed by atoms with Crippen LogP contribution >= 0.6 is 0 Å². The van der Waals surface area contributed by atoms with Gasteiger partial charge in [-0.1, -0.05) is 30.3 Å². The molecule has 1 N–H and O–H groups in total. The standard InChI is InChI=1S/C19H21FO3/c1-14-12-19(21,7-8-22-14)16-9-17(20)11-18(10-16)23-13-15-5-3-2-4-6-15/h2-6,9-11,14,21H,7-8,12-13H2,1H3/t14-,19-/m1/s1. The van der Waals surface area contributed by atoms with E-state index >= 15 is 0 Å². The molecule has 2 aromatic rings. The van der Waals surface area contributed by atoms with E-state index < -0.39 is 11.4 Å². The third-order valence-corrected chi connectivity index (χ3v) is 4.20. The molecule has 2 aromatic carbocycles. The molecule has 122 valence electrons. The molecule has 23 heavy (non-hydrogen) atoms. The third kappa shape index (κ3) is 3.89. The molecule has 1 aliphatic heterocycles. The van der Waals surface area contributed by atoms with Gasteiger partial charge in [0, 0.05) is 18.9 Å². The fourth-order valence-electron chi connectivity index (χ4n) is 2.98. The fourth-order valence-corrected chi connectivity index (χ4v) is 2.98. The summed E-state index contributed by atoms with van der Waals surface area (Å²) in [6.07, 6.45) is 0.860. The van der Waals surface area contributed by atoms with Crippen molar-refractivity contribution in [3.63, 3.8) is 0 Å². The molecule has 1 fully saturated rings. The summed E-state index contributed by atoms with van der Waals surface area (Å²) in [6, 6.07) is 14.2. The minimum absolute atomic E-state index is 0.0503. The van der Waals surface area contributed by atoms with Crippen molar-refractivity contribution < 1.29 is 19.0 Å². The Hall–Kier alpha value is -1.91. The Morgan fingerprint density at radius 2 is 2.04 bits per heavy atom. The molecule has 1 aliphatic rings. The van der Waals surface area contributed by atoms with Crippen molar-refractivity contribution >= 4 is 0 Å². The Balaban J connectivity index is 1.79. The molecule has 3 nitrogen and oxygen atoms in total. The molecular weight excluding hydrogens is 295 g/mol. The van der Waals surface area contributed by atoms with Gasteiger partial charge in [0.25, 0.3) is 0 Å². The highest BCUT2D eigenvalue weighted by molar-refractivity contribution is 5.34. The minimum Gasteiger partial charge on any atom is -0.489 e. The Morgan fingerprint density at radius 1 is 1.26 bits per heavy atom. The summed E-state index contributed by atoms with van der Waals surface area (Å²) in [5.74, 6) is 0.0227. The zero-order chi connectivity index (χ0) is 16.3. The van der Waals surface area contributed by atoms with E-state index in [0.29, 0.717) is 37.4 Å². The van der Waals surface area contributed by atoms with E-state index in [1.807, 2.05) is 37.3 Å². The number of halogens is 1. The van der Waals surface area contributed by atoms with Crippen molar-refractivity contribution in [3.05, 3.63) is 65.5 Å². The molecule has 0 radical (unpaired) electrons. The summed E-state index contributed by atoms with van der Waals surface area (Å²) in [4.78, 5) is 0. The molecule has 0 amide bonds. The van der Waals surface area contributed by atoms with E-state index in [2.05, 4.69) is 0 Å². The van der Waals surface area contributed by atoms with Gasteiger partial charge >= 0.3 is 0 Å². The predicted molar refractivity (Wildman–Crippen MR) is 85.7 cm³/mol. The highest BCUT2D eigenvalue weighted by Crippen LogP contribution is 2.36. The fraction of sp³-hybridized carbons (Fsp3) is 0.368. The first-order valence-electron chi connectivity index (χ1n) is 7.87. The summed E-state index contributed by atoms with van der Waals surface area (Å²) in [5.41, 5.74) is 0.498. The highest BCUT2D eigenvalue weighted by atomic mass is 19.1. The van der Waals surface area contributed by atoms with Crippen molar-refractivity contribution in [2.45, 2.75) is 38.1 Å². The average Bonchev–Trinajstić information content (AvgIpc) is 2.53. The van der Waals surface area contributed by atoms with Crippen LogP contribution in [-0.2, 0) is 16.9 Å². The van der Waals surface area contributed by atoms with Gasteiger partial charge < -0.3 is 14.6 Å². The van der Waals surface area contributed by atoms with Gasteiger partial charge in [0.1, 0.15) is 18.2 Å². The topological polar surface area (TPSA) is 38.7 Å². The van der Waals surface area contributed by atoms with Gasteiger partial charge in [0.2, 0.25) is 0 Å². The van der Waals surface area contributed by atoms with Crippen LogP contribution in [-0.4, -0.2) is 17.8 Å². The van der Waals surface area contributed by atoms with E-state index in [0.717, 1.165) is 5.56 Å². The maximum atomic E-state index is 14.0. The van der Waals surface area contributed by atoms with Crippen LogP contribution < -0.4 is 4.74 Å². The van der Waals surface area contributed by atoms with Crippen LogP contribution in [0.1, 0.15) is 30.9 Å². The Labute approximate surface area is 135 Å². The second-order valence-corrected chi connectivity index (χ2v) is 6.12. The lowest BCUT2D eigenvalue weighted by Crippen LogP contribution is -2.37. The molecule has 0 spiro atoms. The van der Waals surface area contributed by atoms with Gasteiger partial charge in [0.15, 0.2) is 0 Å². The minimum atomic E-state index is -1.06. The Bertz CT molecular complexity index is 659. The number of ether oxygens (including phenoxy) is 2. The van der Waals surface area contributed by atoms with Crippen molar-refractivity contribution in [1.82, 2.24) is 0 Å². The van der Waals surface area contributed by atoms with Gasteiger partial charge in [-0.05, 0) is 30.2 Å². The first-order valence-corrected chi connectivity index (χ1v) is 7.87. The molecular formula is C19H21FO3. The second kappa shape index (κ2) is 6.69. The summed E-state index contributed by atoms with van der Waals surface area (Å²) in [6.45, 7) is 2.74. The summed E-state index contributed by atoms with van der Waals surface area (Å²) >= 11 is 0. The van der Waals surface area contributed by atoms with Gasteiger partial charge in [-0.25, -0.2) is 4.39 Å². The molecule has 4 heteroatoms. The molecule has 0 unspecified atom stereocenters. The van der Waals surface area contributed by atoms with Gasteiger partial charge in [-0.15, -0.1) is 0 Å². The van der Waals surface area contributed by atoms with E-state index in [-0.39, 0.29) is 6.10 Å². The lowest BCUT2D eigenvalue weighted by molar-refractivity contribution is -0.101. The monoisotopic (exact) mass is 316 g/mol. The molecule has 2 atom stereocenters. The lowest BCUT2D eigenvalue weighted by Gasteiger charge is -2.36. The first kappa shape index (κ1) is 16.0. The molecule has 0 saturated carbocycles. The molecule has 0 bridgehead atoms. The van der Waals surface area contributed by atoms with E-state index in [1.54, 1.807) is 6.07 Å². The zero-order valence-corrected chi connectivity index (χ0v) is 13.2. The second-order valence-electron chi connectivity index (χ2n) is 6.12. The number of hydrogen-bond acceptors (Lipinski definition) is 3. The highest BCUT2D eigenvalue weighted by Gasteiger charge is 2.35. The Kier molecular flexibility index (Phi) is 4.64. The van der Waals surface area contributed by atoms with Crippen LogP contribution in [0.5, 0.6) is 5.75 Å². The quantitative estimate of drug-likeness (QED) is 0.932.